The quantitative estimate of drug-likeness (QED) is 0.804. The molecule has 0 aliphatic carbocycles. The molecule has 2 rings (SSSR count). The molecule has 0 bridgehead atoms. The predicted molar refractivity (Wildman–Crippen MR) is 81.1 cm³/mol. The molecule has 2 aromatic rings. The number of rotatable bonds is 3. The van der Waals surface area contributed by atoms with Crippen molar-refractivity contribution in [1.29, 1.82) is 0 Å². The Morgan fingerprint density at radius 2 is 1.76 bits per heavy atom. The molecule has 110 valence electrons. The van der Waals surface area contributed by atoms with Crippen LogP contribution in [0.5, 0.6) is 5.75 Å². The second-order valence-corrected chi connectivity index (χ2v) is 5.56. The Labute approximate surface area is 122 Å². The molecule has 0 aliphatic rings. The van der Waals surface area contributed by atoms with Crippen LogP contribution in [-0.2, 0) is 4.79 Å². The van der Waals surface area contributed by atoms with E-state index in [1.165, 1.54) is 19.9 Å². The highest BCUT2D eigenvalue weighted by Crippen LogP contribution is 2.30. The lowest BCUT2D eigenvalue weighted by Crippen LogP contribution is -2.53. The van der Waals surface area contributed by atoms with Gasteiger partial charge < -0.3 is 16.2 Å². The molecule has 0 spiro atoms. The summed E-state index contributed by atoms with van der Waals surface area (Å²) in [5.41, 5.74) is 5.15. The van der Waals surface area contributed by atoms with Crippen molar-refractivity contribution < 1.29 is 14.7 Å². The van der Waals surface area contributed by atoms with E-state index in [1.807, 2.05) is 18.2 Å². The molecule has 21 heavy (non-hydrogen) atoms. The second-order valence-electron chi connectivity index (χ2n) is 5.56. The summed E-state index contributed by atoms with van der Waals surface area (Å²) < 4.78 is 0. The maximum Gasteiger partial charge on any atom is 0.252 e. The van der Waals surface area contributed by atoms with Gasteiger partial charge in [-0.15, -0.1) is 0 Å². The molecular weight excluding hydrogens is 268 g/mol. The van der Waals surface area contributed by atoms with Gasteiger partial charge in [-0.1, -0.05) is 24.3 Å². The molecular formula is C16H18N2O3. The fourth-order valence-electron chi connectivity index (χ4n) is 2.15. The molecule has 0 saturated heterocycles. The average molecular weight is 286 g/mol. The number of aryl methyl sites for hydroxylation is 1. The first-order chi connectivity index (χ1) is 9.74. The molecule has 0 aliphatic heterocycles. The first-order valence-corrected chi connectivity index (χ1v) is 6.58. The molecule has 0 fully saturated rings. The maximum atomic E-state index is 12.4. The highest BCUT2D eigenvalue weighted by atomic mass is 16.3. The molecule has 5 nitrogen and oxygen atoms in total. The first kappa shape index (κ1) is 14.8. The minimum absolute atomic E-state index is 0.0261. The molecule has 2 aromatic carbocycles. The van der Waals surface area contributed by atoms with E-state index in [2.05, 4.69) is 5.32 Å². The highest BCUT2D eigenvalue weighted by molar-refractivity contribution is 6.05. The molecule has 0 saturated carbocycles. The van der Waals surface area contributed by atoms with E-state index in [9.17, 15) is 14.7 Å². The zero-order valence-electron chi connectivity index (χ0n) is 12.2. The normalized spacial score (nSPS) is 11.4. The van der Waals surface area contributed by atoms with Crippen molar-refractivity contribution in [3.8, 4) is 5.75 Å². The molecule has 0 aromatic heterocycles. The minimum atomic E-state index is -1.16. The monoisotopic (exact) mass is 286 g/mol. The number of amides is 2. The summed E-state index contributed by atoms with van der Waals surface area (Å²) in [7, 11) is 0. The van der Waals surface area contributed by atoms with Crippen molar-refractivity contribution in [2.45, 2.75) is 26.3 Å². The largest absolute Gasteiger partial charge is 0.507 e. The zero-order chi connectivity index (χ0) is 15.8. The summed E-state index contributed by atoms with van der Waals surface area (Å²) in [5.74, 6) is -1.05. The lowest BCUT2D eigenvalue weighted by molar-refractivity contribution is -0.122. The van der Waals surface area contributed by atoms with Crippen molar-refractivity contribution in [2.75, 3.05) is 0 Å². The van der Waals surface area contributed by atoms with Crippen LogP contribution >= 0.6 is 0 Å². The van der Waals surface area contributed by atoms with Crippen LogP contribution in [0.15, 0.2) is 30.3 Å². The highest BCUT2D eigenvalue weighted by Gasteiger charge is 2.28. The van der Waals surface area contributed by atoms with Crippen LogP contribution in [0, 0.1) is 6.92 Å². The van der Waals surface area contributed by atoms with Gasteiger partial charge in [0.15, 0.2) is 0 Å². The number of phenols is 1. The molecule has 0 unspecified atom stereocenters. The number of hydrogen-bond acceptors (Lipinski definition) is 3. The summed E-state index contributed by atoms with van der Waals surface area (Å²) in [5, 5.41) is 14.1. The van der Waals surface area contributed by atoms with Crippen molar-refractivity contribution in [2.24, 2.45) is 5.73 Å². The fourth-order valence-corrected chi connectivity index (χ4v) is 2.15. The van der Waals surface area contributed by atoms with Gasteiger partial charge in [-0.3, -0.25) is 9.59 Å². The van der Waals surface area contributed by atoms with Gasteiger partial charge >= 0.3 is 0 Å². The Bertz CT molecular complexity index is 736. The number of fused-ring (bicyclic) bond motifs is 1. The lowest BCUT2D eigenvalue weighted by atomic mass is 9.97. The van der Waals surface area contributed by atoms with Crippen molar-refractivity contribution in [3.05, 3.63) is 41.5 Å². The molecule has 5 heteroatoms. The summed E-state index contributed by atoms with van der Waals surface area (Å²) in [6.45, 7) is 4.86. The van der Waals surface area contributed by atoms with Crippen LogP contribution in [0.25, 0.3) is 10.8 Å². The third kappa shape index (κ3) is 2.67. The SMILES string of the molecule is Cc1c(C(=O)NC(C)(C)C(N)=O)cc(O)c2ccccc12. The predicted octanol–water partition coefficient (Wildman–Crippen LogP) is 1.85. The topological polar surface area (TPSA) is 92.4 Å². The number of hydrogen-bond donors (Lipinski definition) is 3. The van der Waals surface area contributed by atoms with E-state index < -0.39 is 17.4 Å². The van der Waals surface area contributed by atoms with Crippen LogP contribution in [0.3, 0.4) is 0 Å². The molecule has 0 heterocycles. The van der Waals surface area contributed by atoms with Gasteiger partial charge in [-0.05, 0) is 37.8 Å². The lowest BCUT2D eigenvalue weighted by Gasteiger charge is -2.23. The van der Waals surface area contributed by atoms with Crippen LogP contribution in [0.2, 0.25) is 0 Å². The third-order valence-electron chi connectivity index (χ3n) is 3.58. The number of benzene rings is 2. The number of nitrogens with one attached hydrogen (secondary N) is 1. The summed E-state index contributed by atoms with van der Waals surface area (Å²) >= 11 is 0. The van der Waals surface area contributed by atoms with Gasteiger partial charge in [0.25, 0.3) is 5.91 Å². The number of aromatic hydroxyl groups is 1. The second kappa shape index (κ2) is 5.09. The Kier molecular flexibility index (Phi) is 3.60. The van der Waals surface area contributed by atoms with Gasteiger partial charge in [-0.25, -0.2) is 0 Å². The van der Waals surface area contributed by atoms with Crippen LogP contribution < -0.4 is 11.1 Å². The number of nitrogens with two attached hydrogens (primary N) is 1. The van der Waals surface area contributed by atoms with Gasteiger partial charge in [0.2, 0.25) is 5.91 Å². The van der Waals surface area contributed by atoms with Crippen molar-refractivity contribution in [1.82, 2.24) is 5.32 Å². The smallest absolute Gasteiger partial charge is 0.252 e. The van der Waals surface area contributed by atoms with Crippen molar-refractivity contribution in [3.63, 3.8) is 0 Å². The summed E-state index contributed by atoms with van der Waals surface area (Å²) in [4.78, 5) is 23.7. The van der Waals surface area contributed by atoms with E-state index in [-0.39, 0.29) is 5.75 Å². The van der Waals surface area contributed by atoms with Crippen molar-refractivity contribution >= 4 is 22.6 Å². The number of primary amides is 1. The summed E-state index contributed by atoms with van der Waals surface area (Å²) in [6.07, 6.45) is 0. The minimum Gasteiger partial charge on any atom is -0.507 e. The third-order valence-corrected chi connectivity index (χ3v) is 3.58. The Hall–Kier alpha value is -2.56. The Balaban J connectivity index is 2.50. The molecule has 2 amide bonds. The van der Waals surface area contributed by atoms with E-state index in [0.29, 0.717) is 10.9 Å². The van der Waals surface area contributed by atoms with E-state index in [1.54, 1.807) is 13.0 Å². The average Bonchev–Trinajstić information content (AvgIpc) is 2.42. The zero-order valence-corrected chi connectivity index (χ0v) is 12.2. The fraction of sp³-hybridized carbons (Fsp3) is 0.250. The van der Waals surface area contributed by atoms with Gasteiger partial charge in [0.1, 0.15) is 11.3 Å². The van der Waals surface area contributed by atoms with Gasteiger partial charge in [0.05, 0.1) is 0 Å². The number of carbonyl (C=O) groups excluding carboxylic acids is 2. The number of phenolic OH excluding ortho intramolecular Hbond substituents is 1. The Morgan fingerprint density at radius 1 is 1.19 bits per heavy atom. The Morgan fingerprint density at radius 3 is 2.33 bits per heavy atom. The van der Waals surface area contributed by atoms with Crippen LogP contribution in [0.4, 0.5) is 0 Å². The van der Waals surface area contributed by atoms with E-state index >= 15 is 0 Å². The number of carbonyl (C=O) groups is 2. The van der Waals surface area contributed by atoms with Gasteiger partial charge in [0, 0.05) is 10.9 Å². The van der Waals surface area contributed by atoms with E-state index in [0.717, 1.165) is 10.9 Å². The molecule has 4 N–H and O–H groups in total. The first-order valence-electron chi connectivity index (χ1n) is 6.58. The maximum absolute atomic E-state index is 12.4. The van der Waals surface area contributed by atoms with Gasteiger partial charge in [-0.2, -0.15) is 0 Å². The molecule has 0 atom stereocenters. The molecule has 0 radical (unpaired) electrons. The van der Waals surface area contributed by atoms with E-state index in [4.69, 9.17) is 5.73 Å². The van der Waals surface area contributed by atoms with Crippen LogP contribution in [0.1, 0.15) is 29.8 Å². The van der Waals surface area contributed by atoms with Crippen LogP contribution in [-0.4, -0.2) is 22.5 Å². The standard InChI is InChI=1S/C16H18N2O3/c1-9-10-6-4-5-7-11(10)13(19)8-12(9)14(20)18-16(2,3)15(17)21/h4-8,19H,1-3H3,(H2,17,21)(H,18,20). The summed E-state index contributed by atoms with van der Waals surface area (Å²) in [6, 6.07) is 8.68.